The molecular formula is C21H15FN4O3S. The van der Waals surface area contributed by atoms with Crippen molar-refractivity contribution >= 4 is 27.6 Å². The number of sulfonamides is 1. The van der Waals surface area contributed by atoms with Gasteiger partial charge >= 0.3 is 6.03 Å². The van der Waals surface area contributed by atoms with E-state index in [9.17, 15) is 17.6 Å². The van der Waals surface area contributed by atoms with Crippen LogP contribution in [0.2, 0.25) is 0 Å². The lowest BCUT2D eigenvalue weighted by Crippen LogP contribution is -2.48. The van der Waals surface area contributed by atoms with Gasteiger partial charge in [-0.25, -0.2) is 31.8 Å². The number of hydrogen-bond donors (Lipinski definition) is 0. The third kappa shape index (κ3) is 3.17. The highest BCUT2D eigenvalue weighted by Gasteiger charge is 2.43. The number of aryl methyl sites for hydroxylation is 1. The highest BCUT2D eigenvalue weighted by atomic mass is 32.2. The zero-order valence-electron chi connectivity index (χ0n) is 15.8. The van der Waals surface area contributed by atoms with Crippen molar-refractivity contribution < 1.29 is 17.6 Å². The molecular weight excluding hydrogens is 407 g/mol. The van der Waals surface area contributed by atoms with Gasteiger partial charge in [0.25, 0.3) is 10.0 Å². The molecule has 2 heterocycles. The monoisotopic (exact) mass is 422 g/mol. The van der Waals surface area contributed by atoms with Gasteiger partial charge in [-0.1, -0.05) is 18.2 Å². The number of pyridine rings is 1. The van der Waals surface area contributed by atoms with Gasteiger partial charge in [-0.3, -0.25) is 0 Å². The van der Waals surface area contributed by atoms with E-state index in [0.717, 1.165) is 11.0 Å². The van der Waals surface area contributed by atoms with Crippen molar-refractivity contribution in [2.45, 2.75) is 18.4 Å². The van der Waals surface area contributed by atoms with Gasteiger partial charge in [0, 0.05) is 6.20 Å². The van der Waals surface area contributed by atoms with E-state index >= 15 is 0 Å². The molecule has 0 saturated heterocycles. The number of nitriles is 1. The fourth-order valence-corrected chi connectivity index (χ4v) is 4.66. The molecule has 0 atom stereocenters. The van der Waals surface area contributed by atoms with E-state index in [1.54, 1.807) is 25.1 Å². The zero-order chi connectivity index (χ0) is 21.5. The molecule has 0 fully saturated rings. The van der Waals surface area contributed by atoms with Crippen LogP contribution in [0.15, 0.2) is 65.7 Å². The predicted molar refractivity (Wildman–Crippen MR) is 107 cm³/mol. The first-order chi connectivity index (χ1) is 14.3. The highest BCUT2D eigenvalue weighted by molar-refractivity contribution is 7.90. The van der Waals surface area contributed by atoms with E-state index < -0.39 is 21.9 Å². The third-order valence-corrected chi connectivity index (χ3v) is 6.47. The van der Waals surface area contributed by atoms with Crippen molar-refractivity contribution in [2.24, 2.45) is 0 Å². The number of rotatable bonds is 3. The van der Waals surface area contributed by atoms with Crippen LogP contribution in [0.3, 0.4) is 0 Å². The predicted octanol–water partition coefficient (Wildman–Crippen LogP) is 3.86. The van der Waals surface area contributed by atoms with E-state index in [2.05, 4.69) is 4.98 Å². The lowest BCUT2D eigenvalue weighted by atomic mass is 10.1. The number of fused-ring (bicyclic) bond motifs is 1. The SMILES string of the molecule is Cc1ccc(N2C(=O)N(Cc3cccc(C#N)c3)S(=O)(=O)c3cccnc32)cc1F. The maximum atomic E-state index is 14.2. The quantitative estimate of drug-likeness (QED) is 0.639. The van der Waals surface area contributed by atoms with Crippen molar-refractivity contribution in [3.63, 3.8) is 0 Å². The normalized spacial score (nSPS) is 14.9. The summed E-state index contributed by atoms with van der Waals surface area (Å²) < 4.78 is 41.2. The number of amides is 2. The summed E-state index contributed by atoms with van der Waals surface area (Å²) in [7, 11) is -4.21. The third-order valence-electron chi connectivity index (χ3n) is 4.73. The number of hydrogen-bond acceptors (Lipinski definition) is 5. The maximum Gasteiger partial charge on any atom is 0.344 e. The average molecular weight is 422 g/mol. The van der Waals surface area contributed by atoms with Gasteiger partial charge in [0.05, 0.1) is 23.9 Å². The van der Waals surface area contributed by atoms with Gasteiger partial charge in [0.2, 0.25) is 0 Å². The molecule has 3 aromatic rings. The van der Waals surface area contributed by atoms with E-state index in [0.29, 0.717) is 21.0 Å². The molecule has 1 aliphatic rings. The van der Waals surface area contributed by atoms with Crippen molar-refractivity contribution in [1.29, 1.82) is 5.26 Å². The molecule has 7 nitrogen and oxygen atoms in total. The van der Waals surface area contributed by atoms with Crippen LogP contribution in [0.5, 0.6) is 0 Å². The molecule has 2 amide bonds. The van der Waals surface area contributed by atoms with Gasteiger partial charge in [0.15, 0.2) is 5.82 Å². The van der Waals surface area contributed by atoms with Crippen LogP contribution in [0, 0.1) is 24.1 Å². The number of carbonyl (C=O) groups is 1. The summed E-state index contributed by atoms with van der Waals surface area (Å²) in [5.41, 5.74) is 1.36. The fourth-order valence-electron chi connectivity index (χ4n) is 3.19. The first-order valence-electron chi connectivity index (χ1n) is 8.90. The number of halogens is 1. The number of benzene rings is 2. The Kier molecular flexibility index (Phi) is 4.72. The molecule has 30 heavy (non-hydrogen) atoms. The molecule has 0 saturated carbocycles. The van der Waals surface area contributed by atoms with Crippen molar-refractivity contribution in [1.82, 2.24) is 9.29 Å². The summed E-state index contributed by atoms with van der Waals surface area (Å²) in [6.07, 6.45) is 1.37. The summed E-state index contributed by atoms with van der Waals surface area (Å²) in [5.74, 6) is -0.618. The smallest absolute Gasteiger partial charge is 0.246 e. The first-order valence-corrected chi connectivity index (χ1v) is 10.3. The number of carbonyl (C=O) groups excluding carboxylic acids is 1. The Bertz CT molecular complexity index is 1320. The average Bonchev–Trinajstić information content (AvgIpc) is 2.74. The summed E-state index contributed by atoms with van der Waals surface area (Å²) in [5, 5.41) is 9.09. The summed E-state index contributed by atoms with van der Waals surface area (Å²) in [4.78, 5) is 18.3. The molecule has 9 heteroatoms. The topological polar surface area (TPSA) is 94.4 Å². The van der Waals surface area contributed by atoms with E-state index in [1.165, 1.54) is 36.5 Å². The van der Waals surface area contributed by atoms with Crippen molar-refractivity contribution in [3.8, 4) is 6.07 Å². The van der Waals surface area contributed by atoms with Crippen LogP contribution in [0.25, 0.3) is 0 Å². The van der Waals surface area contributed by atoms with Crippen LogP contribution >= 0.6 is 0 Å². The second-order valence-corrected chi connectivity index (χ2v) is 8.53. The van der Waals surface area contributed by atoms with E-state index in [-0.39, 0.29) is 22.9 Å². The minimum Gasteiger partial charge on any atom is -0.246 e. The Labute approximate surface area is 172 Å². The van der Waals surface area contributed by atoms with Gasteiger partial charge in [-0.05, 0) is 54.4 Å². The second-order valence-electron chi connectivity index (χ2n) is 6.70. The van der Waals surface area contributed by atoms with E-state index in [4.69, 9.17) is 5.26 Å². The molecule has 0 spiro atoms. The Morgan fingerprint density at radius 3 is 2.67 bits per heavy atom. The maximum absolute atomic E-state index is 14.2. The van der Waals surface area contributed by atoms with Crippen LogP contribution in [0.1, 0.15) is 16.7 Å². The molecule has 0 unspecified atom stereocenters. The Balaban J connectivity index is 1.87. The number of urea groups is 1. The lowest BCUT2D eigenvalue weighted by molar-refractivity contribution is 0.229. The summed E-state index contributed by atoms with van der Waals surface area (Å²) in [6.45, 7) is 1.30. The molecule has 0 aliphatic carbocycles. The minimum atomic E-state index is -4.21. The molecule has 0 N–H and O–H groups in total. The Morgan fingerprint density at radius 2 is 1.93 bits per heavy atom. The lowest BCUT2D eigenvalue weighted by Gasteiger charge is -2.35. The largest absolute Gasteiger partial charge is 0.344 e. The van der Waals surface area contributed by atoms with Crippen molar-refractivity contribution in [2.75, 3.05) is 4.90 Å². The molecule has 0 bridgehead atoms. The van der Waals surface area contributed by atoms with Crippen LogP contribution in [-0.4, -0.2) is 23.7 Å². The fraction of sp³-hybridized carbons (Fsp3) is 0.0952. The van der Waals surface area contributed by atoms with Gasteiger partial charge in [0.1, 0.15) is 10.7 Å². The first kappa shape index (κ1) is 19.5. The minimum absolute atomic E-state index is 0.0900. The van der Waals surface area contributed by atoms with Gasteiger partial charge in [-0.2, -0.15) is 5.26 Å². The number of nitrogens with zero attached hydrogens (tertiary/aromatic N) is 4. The molecule has 2 aromatic carbocycles. The van der Waals surface area contributed by atoms with Gasteiger partial charge < -0.3 is 0 Å². The zero-order valence-corrected chi connectivity index (χ0v) is 16.6. The number of aromatic nitrogens is 1. The number of anilines is 2. The Morgan fingerprint density at radius 1 is 1.13 bits per heavy atom. The molecule has 0 radical (unpaired) electrons. The second kappa shape index (κ2) is 7.24. The van der Waals surface area contributed by atoms with Crippen LogP contribution < -0.4 is 4.90 Å². The summed E-state index contributed by atoms with van der Waals surface area (Å²) in [6, 6.07) is 14.4. The van der Waals surface area contributed by atoms with E-state index in [1.807, 2.05) is 6.07 Å². The Hall–Kier alpha value is -3.77. The molecule has 4 rings (SSSR count). The van der Waals surface area contributed by atoms with Crippen LogP contribution in [0.4, 0.5) is 20.7 Å². The molecule has 150 valence electrons. The standard InChI is InChI=1S/C21H15FN4O3S/c1-14-7-8-17(11-18(14)22)26-20-19(6-3-9-24-20)30(28,29)25(21(26)27)13-16-5-2-4-15(10-16)12-23/h2-11H,13H2,1H3. The summed E-state index contributed by atoms with van der Waals surface area (Å²) >= 11 is 0. The van der Waals surface area contributed by atoms with Gasteiger partial charge in [-0.15, -0.1) is 0 Å². The molecule has 1 aliphatic heterocycles. The van der Waals surface area contributed by atoms with Crippen LogP contribution in [-0.2, 0) is 16.6 Å². The molecule has 1 aromatic heterocycles. The van der Waals surface area contributed by atoms with Crippen molar-refractivity contribution in [3.05, 3.63) is 83.3 Å². The highest BCUT2D eigenvalue weighted by Crippen LogP contribution is 2.38.